The summed E-state index contributed by atoms with van der Waals surface area (Å²) < 4.78 is 22.6. The van der Waals surface area contributed by atoms with Crippen molar-refractivity contribution < 1.29 is 48.7 Å². The molecule has 2 aromatic rings. The number of hydrogen-bond acceptors (Lipinski definition) is 11. The number of fused-ring (bicyclic) bond motifs is 3. The molecule has 40 heavy (non-hydrogen) atoms. The van der Waals surface area contributed by atoms with Gasteiger partial charge in [-0.2, -0.15) is 0 Å². The number of carbonyl (C=O) groups is 3. The Balaban J connectivity index is 1.67. The van der Waals surface area contributed by atoms with E-state index in [2.05, 4.69) is 0 Å². The molecule has 1 fully saturated rings. The molecule has 5 rings (SSSR count). The maximum Gasteiger partial charge on any atom is 0.202 e. The van der Waals surface area contributed by atoms with Crippen molar-refractivity contribution in [1.29, 1.82) is 0 Å². The average Bonchev–Trinajstić information content (AvgIpc) is 2.90. The molecule has 0 saturated carbocycles. The fraction of sp³-hybridized carbons (Fsp3) is 0.483. The van der Waals surface area contributed by atoms with Crippen molar-refractivity contribution in [2.45, 2.75) is 69.7 Å². The normalized spacial score (nSPS) is 27.5. The van der Waals surface area contributed by atoms with Crippen LogP contribution in [0.1, 0.15) is 82.2 Å². The minimum Gasteiger partial charge on any atom is -0.507 e. The van der Waals surface area contributed by atoms with E-state index in [4.69, 9.17) is 24.7 Å². The van der Waals surface area contributed by atoms with Gasteiger partial charge in [0.05, 0.1) is 36.0 Å². The number of ether oxygens (including phenoxy) is 4. The van der Waals surface area contributed by atoms with Gasteiger partial charge in [0, 0.05) is 48.6 Å². The van der Waals surface area contributed by atoms with Gasteiger partial charge in [0.2, 0.25) is 5.78 Å². The lowest BCUT2D eigenvalue weighted by Gasteiger charge is -2.41. The number of aromatic hydroxyl groups is 2. The monoisotopic (exact) mass is 555 g/mol. The van der Waals surface area contributed by atoms with Crippen LogP contribution in [0.3, 0.4) is 0 Å². The van der Waals surface area contributed by atoms with Crippen LogP contribution >= 0.6 is 0 Å². The second-order valence-corrected chi connectivity index (χ2v) is 10.6. The minimum atomic E-state index is -2.06. The van der Waals surface area contributed by atoms with Crippen LogP contribution in [0.4, 0.5) is 0 Å². The van der Waals surface area contributed by atoms with Gasteiger partial charge in [-0.25, -0.2) is 0 Å². The highest BCUT2D eigenvalue weighted by molar-refractivity contribution is 6.31. The zero-order valence-electron chi connectivity index (χ0n) is 22.6. The summed E-state index contributed by atoms with van der Waals surface area (Å²) >= 11 is 0. The van der Waals surface area contributed by atoms with Crippen LogP contribution in [-0.2, 0) is 25.4 Å². The van der Waals surface area contributed by atoms with Crippen molar-refractivity contribution >= 4 is 17.3 Å². The first-order chi connectivity index (χ1) is 19.0. The van der Waals surface area contributed by atoms with Crippen LogP contribution < -0.4 is 10.5 Å². The summed E-state index contributed by atoms with van der Waals surface area (Å²) in [5.74, 6) is -3.12. The Morgan fingerprint density at radius 1 is 1.12 bits per heavy atom. The van der Waals surface area contributed by atoms with Gasteiger partial charge < -0.3 is 40.0 Å². The predicted molar refractivity (Wildman–Crippen MR) is 140 cm³/mol. The number of methoxy groups -OCH3 is 1. The van der Waals surface area contributed by atoms with Crippen molar-refractivity contribution in [2.24, 2.45) is 5.73 Å². The molecule has 11 nitrogen and oxygen atoms in total. The minimum absolute atomic E-state index is 0.0000285. The van der Waals surface area contributed by atoms with Gasteiger partial charge in [-0.05, 0) is 26.3 Å². The molecule has 11 heteroatoms. The zero-order chi connectivity index (χ0) is 28.9. The Morgan fingerprint density at radius 2 is 1.85 bits per heavy atom. The van der Waals surface area contributed by atoms with E-state index >= 15 is 0 Å². The quantitative estimate of drug-likeness (QED) is 0.314. The summed E-state index contributed by atoms with van der Waals surface area (Å²) in [4.78, 5) is 40.4. The number of benzene rings is 2. The summed E-state index contributed by atoms with van der Waals surface area (Å²) in [5.41, 5.74) is 3.18. The SMILES string of the molecule is CCOCC(=O)[C@]1(O)Cc2c(O)c3c(c(O)c2[C@@H](OC2CC(N)CC(C)O2)C1)C(=O)c1c(OC)cccc1C3=O. The maximum absolute atomic E-state index is 13.7. The van der Waals surface area contributed by atoms with Crippen LogP contribution in [-0.4, -0.2) is 77.0 Å². The van der Waals surface area contributed by atoms with Crippen LogP contribution in [0.25, 0.3) is 0 Å². The predicted octanol–water partition coefficient (Wildman–Crippen LogP) is 2.07. The van der Waals surface area contributed by atoms with E-state index in [-0.39, 0.29) is 59.8 Å². The van der Waals surface area contributed by atoms with Gasteiger partial charge >= 0.3 is 0 Å². The molecule has 0 bridgehead atoms. The Kier molecular flexibility index (Phi) is 7.45. The standard InChI is InChI=1S/C29H33NO10/c1-4-38-12-19(31)29(36)10-16-22(18(11-29)40-20-9-14(30)8-13(2)39-20)28(35)24-23(26(16)33)25(32)15-6-5-7-17(37-3)21(15)27(24)34/h5-7,13-14,18,20,33,35-36H,4,8-12,30H2,1-3H3/t13?,14?,18-,20?,29-/m0/s1. The van der Waals surface area contributed by atoms with Crippen LogP contribution in [0.5, 0.6) is 17.2 Å². The summed E-state index contributed by atoms with van der Waals surface area (Å²) in [6.45, 7) is 3.39. The van der Waals surface area contributed by atoms with E-state index in [1.807, 2.05) is 6.92 Å². The van der Waals surface area contributed by atoms with Crippen LogP contribution in [0.15, 0.2) is 18.2 Å². The molecule has 1 aliphatic heterocycles. The number of aliphatic hydroxyl groups is 1. The molecule has 0 radical (unpaired) electrons. The van der Waals surface area contributed by atoms with Gasteiger partial charge in [-0.15, -0.1) is 0 Å². The zero-order valence-corrected chi connectivity index (χ0v) is 22.6. The highest BCUT2D eigenvalue weighted by Gasteiger charge is 2.50. The van der Waals surface area contributed by atoms with Crippen molar-refractivity contribution in [1.82, 2.24) is 0 Å². The van der Waals surface area contributed by atoms with E-state index in [1.54, 1.807) is 6.92 Å². The van der Waals surface area contributed by atoms with Gasteiger partial charge in [0.15, 0.2) is 17.9 Å². The molecule has 2 aromatic carbocycles. The van der Waals surface area contributed by atoms with Gasteiger partial charge in [0.25, 0.3) is 0 Å². The molecule has 0 spiro atoms. The highest BCUT2D eigenvalue weighted by Crippen LogP contribution is 2.52. The van der Waals surface area contributed by atoms with Crippen molar-refractivity contribution in [3.63, 3.8) is 0 Å². The molecule has 214 valence electrons. The summed E-state index contributed by atoms with van der Waals surface area (Å²) in [6, 6.07) is 4.25. The van der Waals surface area contributed by atoms with E-state index in [0.29, 0.717) is 12.8 Å². The maximum atomic E-state index is 13.7. The number of carbonyl (C=O) groups excluding carboxylic acids is 3. The van der Waals surface area contributed by atoms with Crippen molar-refractivity contribution in [3.8, 4) is 17.2 Å². The number of phenolic OH excluding ortho intramolecular Hbond substituents is 2. The van der Waals surface area contributed by atoms with Gasteiger partial charge in [-0.1, -0.05) is 12.1 Å². The first-order valence-corrected chi connectivity index (χ1v) is 13.3. The van der Waals surface area contributed by atoms with Crippen molar-refractivity contribution in [2.75, 3.05) is 20.3 Å². The third-order valence-corrected chi connectivity index (χ3v) is 7.86. The molecule has 2 aliphatic carbocycles. The topological polar surface area (TPSA) is 175 Å². The lowest BCUT2D eigenvalue weighted by atomic mass is 9.72. The number of nitrogens with two attached hydrogens (primary N) is 1. The molecule has 0 aromatic heterocycles. The molecule has 3 unspecified atom stereocenters. The lowest BCUT2D eigenvalue weighted by Crippen LogP contribution is -2.49. The fourth-order valence-corrected chi connectivity index (χ4v) is 5.99. The summed E-state index contributed by atoms with van der Waals surface area (Å²) in [7, 11) is 1.35. The summed E-state index contributed by atoms with van der Waals surface area (Å²) in [6.07, 6.45) is -2.12. The van der Waals surface area contributed by atoms with Crippen molar-refractivity contribution in [3.05, 3.63) is 51.6 Å². The molecule has 1 heterocycles. The van der Waals surface area contributed by atoms with Gasteiger partial charge in [-0.3, -0.25) is 14.4 Å². The Bertz CT molecular complexity index is 1380. The second-order valence-electron chi connectivity index (χ2n) is 10.6. The first kappa shape index (κ1) is 28.2. The Morgan fingerprint density at radius 3 is 2.52 bits per heavy atom. The molecule has 3 aliphatic rings. The Labute approximate surface area is 230 Å². The third-order valence-electron chi connectivity index (χ3n) is 7.86. The number of hydrogen-bond donors (Lipinski definition) is 4. The average molecular weight is 556 g/mol. The Hall–Kier alpha value is -3.35. The summed E-state index contributed by atoms with van der Waals surface area (Å²) in [5, 5.41) is 34.6. The molecular weight excluding hydrogens is 522 g/mol. The lowest BCUT2D eigenvalue weighted by molar-refractivity contribution is -0.225. The third kappa shape index (κ3) is 4.57. The van der Waals surface area contributed by atoms with E-state index in [0.717, 1.165) is 0 Å². The number of rotatable bonds is 7. The number of phenols is 2. The number of ketones is 3. The highest BCUT2D eigenvalue weighted by atomic mass is 16.7. The van der Waals surface area contributed by atoms with E-state index < -0.39 is 64.4 Å². The fourth-order valence-electron chi connectivity index (χ4n) is 5.99. The van der Waals surface area contributed by atoms with E-state index in [9.17, 15) is 29.7 Å². The molecule has 5 atom stereocenters. The molecular formula is C29H33NO10. The molecule has 1 saturated heterocycles. The first-order valence-electron chi connectivity index (χ1n) is 13.3. The second kappa shape index (κ2) is 10.6. The van der Waals surface area contributed by atoms with Crippen LogP contribution in [0, 0.1) is 0 Å². The van der Waals surface area contributed by atoms with E-state index in [1.165, 1.54) is 25.3 Å². The smallest absolute Gasteiger partial charge is 0.202 e. The molecule has 5 N–H and O–H groups in total. The largest absolute Gasteiger partial charge is 0.507 e. The van der Waals surface area contributed by atoms with Crippen LogP contribution in [0.2, 0.25) is 0 Å². The number of Topliss-reactive ketones (excluding diaryl/α,β-unsaturated/α-hetero) is 1. The van der Waals surface area contributed by atoms with Gasteiger partial charge in [0.1, 0.15) is 29.5 Å². The molecule has 0 amide bonds.